The van der Waals surface area contributed by atoms with Crippen LogP contribution in [0.5, 0.6) is 0 Å². The largest absolute Gasteiger partial charge is 0.505 e. The Bertz CT molecular complexity index is 164. The predicted molar refractivity (Wildman–Crippen MR) is 58.6 cm³/mol. The number of allylic oxidation sites excluding steroid dienone is 3. The SMILES string of the molecule is CO/C=C/C[C@H](C)CCC=C(C)C. The van der Waals surface area contributed by atoms with Crippen LogP contribution in [-0.2, 0) is 4.74 Å². The predicted octanol–water partition coefficient (Wildman–Crippen LogP) is 3.92. The van der Waals surface area contributed by atoms with E-state index in [0.717, 1.165) is 12.3 Å². The van der Waals surface area contributed by atoms with Gasteiger partial charge in [0.2, 0.25) is 0 Å². The van der Waals surface area contributed by atoms with E-state index in [0.29, 0.717) is 0 Å². The first-order chi connectivity index (χ1) is 6.16. The van der Waals surface area contributed by atoms with Crippen LogP contribution >= 0.6 is 0 Å². The second-order valence-electron chi connectivity index (χ2n) is 3.81. The normalized spacial score (nSPS) is 12.9. The van der Waals surface area contributed by atoms with Crippen molar-refractivity contribution < 1.29 is 4.74 Å². The average Bonchev–Trinajstić information content (AvgIpc) is 2.04. The van der Waals surface area contributed by atoms with Gasteiger partial charge in [0, 0.05) is 0 Å². The highest BCUT2D eigenvalue weighted by Crippen LogP contribution is 2.12. The number of rotatable bonds is 6. The number of ether oxygens (including phenoxy) is 1. The van der Waals surface area contributed by atoms with E-state index < -0.39 is 0 Å². The van der Waals surface area contributed by atoms with E-state index in [-0.39, 0.29) is 0 Å². The molecular weight excluding hydrogens is 160 g/mol. The van der Waals surface area contributed by atoms with E-state index in [1.54, 1.807) is 13.4 Å². The summed E-state index contributed by atoms with van der Waals surface area (Å²) in [6, 6.07) is 0. The Hall–Kier alpha value is -0.720. The third kappa shape index (κ3) is 9.19. The first-order valence-electron chi connectivity index (χ1n) is 4.98. The highest BCUT2D eigenvalue weighted by Gasteiger charge is 1.97. The summed E-state index contributed by atoms with van der Waals surface area (Å²) in [6.07, 6.45) is 9.73. The molecule has 0 fully saturated rings. The van der Waals surface area contributed by atoms with Gasteiger partial charge in [-0.3, -0.25) is 0 Å². The van der Waals surface area contributed by atoms with Crippen molar-refractivity contribution in [1.29, 1.82) is 0 Å². The second kappa shape index (κ2) is 7.90. The summed E-state index contributed by atoms with van der Waals surface area (Å²) in [4.78, 5) is 0. The zero-order chi connectivity index (χ0) is 10.1. The van der Waals surface area contributed by atoms with Gasteiger partial charge in [0.05, 0.1) is 13.4 Å². The molecule has 0 aliphatic heterocycles. The molecule has 0 aromatic carbocycles. The molecule has 76 valence electrons. The topological polar surface area (TPSA) is 9.23 Å². The van der Waals surface area contributed by atoms with E-state index in [1.807, 2.05) is 0 Å². The number of methoxy groups -OCH3 is 1. The van der Waals surface area contributed by atoms with Crippen molar-refractivity contribution in [1.82, 2.24) is 0 Å². The van der Waals surface area contributed by atoms with Gasteiger partial charge in [-0.05, 0) is 45.1 Å². The maximum atomic E-state index is 4.84. The van der Waals surface area contributed by atoms with Crippen LogP contribution in [0.15, 0.2) is 24.0 Å². The van der Waals surface area contributed by atoms with Crippen LogP contribution in [-0.4, -0.2) is 7.11 Å². The molecular formula is C12H22O. The molecule has 0 aromatic heterocycles. The van der Waals surface area contributed by atoms with Crippen molar-refractivity contribution in [2.45, 2.75) is 40.0 Å². The van der Waals surface area contributed by atoms with Crippen molar-refractivity contribution in [2.24, 2.45) is 5.92 Å². The molecule has 0 rings (SSSR count). The molecule has 0 N–H and O–H groups in total. The minimum Gasteiger partial charge on any atom is -0.505 e. The third-order valence-electron chi connectivity index (χ3n) is 1.98. The number of hydrogen-bond acceptors (Lipinski definition) is 1. The van der Waals surface area contributed by atoms with Crippen LogP contribution in [0.4, 0.5) is 0 Å². The van der Waals surface area contributed by atoms with E-state index in [4.69, 9.17) is 4.74 Å². The van der Waals surface area contributed by atoms with Crippen LogP contribution in [0, 0.1) is 5.92 Å². The molecule has 1 heteroatoms. The molecule has 0 aliphatic rings. The van der Waals surface area contributed by atoms with E-state index >= 15 is 0 Å². The Balaban J connectivity index is 3.46. The van der Waals surface area contributed by atoms with Gasteiger partial charge in [-0.15, -0.1) is 0 Å². The zero-order valence-electron chi connectivity index (χ0n) is 9.34. The molecule has 0 unspecified atom stereocenters. The molecule has 0 aliphatic carbocycles. The van der Waals surface area contributed by atoms with Gasteiger partial charge in [0.25, 0.3) is 0 Å². The van der Waals surface area contributed by atoms with Crippen molar-refractivity contribution >= 4 is 0 Å². The molecule has 13 heavy (non-hydrogen) atoms. The summed E-state index contributed by atoms with van der Waals surface area (Å²) in [5.41, 5.74) is 1.42. The molecule has 0 bridgehead atoms. The summed E-state index contributed by atoms with van der Waals surface area (Å²) in [7, 11) is 1.68. The highest BCUT2D eigenvalue weighted by atomic mass is 16.5. The summed E-state index contributed by atoms with van der Waals surface area (Å²) in [5.74, 6) is 0.752. The molecule has 0 spiro atoms. The lowest BCUT2D eigenvalue weighted by Crippen LogP contribution is -1.91. The first-order valence-corrected chi connectivity index (χ1v) is 4.98. The molecule has 0 saturated carbocycles. The van der Waals surface area contributed by atoms with Gasteiger partial charge in [-0.25, -0.2) is 0 Å². The van der Waals surface area contributed by atoms with Crippen LogP contribution in [0.3, 0.4) is 0 Å². The summed E-state index contributed by atoms with van der Waals surface area (Å²) >= 11 is 0. The molecule has 0 amide bonds. The van der Waals surface area contributed by atoms with Crippen molar-refractivity contribution in [3.05, 3.63) is 24.0 Å². The Morgan fingerprint density at radius 3 is 2.62 bits per heavy atom. The monoisotopic (exact) mass is 182 g/mol. The molecule has 0 heterocycles. The smallest absolute Gasteiger partial charge is 0.0784 e. The maximum Gasteiger partial charge on any atom is 0.0784 e. The molecule has 0 saturated heterocycles. The first kappa shape index (κ1) is 12.3. The van der Waals surface area contributed by atoms with E-state index in [9.17, 15) is 0 Å². The van der Waals surface area contributed by atoms with Gasteiger partial charge in [-0.1, -0.05) is 18.6 Å². The molecule has 0 radical (unpaired) electrons. The van der Waals surface area contributed by atoms with Crippen LogP contribution in [0.1, 0.15) is 40.0 Å². The van der Waals surface area contributed by atoms with Crippen molar-refractivity contribution in [3.63, 3.8) is 0 Å². The quantitative estimate of drug-likeness (QED) is 0.447. The van der Waals surface area contributed by atoms with Crippen LogP contribution in [0.2, 0.25) is 0 Å². The maximum absolute atomic E-state index is 4.84. The highest BCUT2D eigenvalue weighted by molar-refractivity contribution is 4.93. The van der Waals surface area contributed by atoms with Crippen molar-refractivity contribution in [3.8, 4) is 0 Å². The molecule has 1 atom stereocenters. The van der Waals surface area contributed by atoms with Crippen LogP contribution in [0.25, 0.3) is 0 Å². The fraction of sp³-hybridized carbons (Fsp3) is 0.667. The molecule has 0 aromatic rings. The standard InChI is InChI=1S/C12H22O/c1-11(2)7-5-8-12(3)9-6-10-13-4/h6-7,10,12H,5,8-9H2,1-4H3/b10-6+/t12-/m1/s1. The Labute approximate surface area is 82.5 Å². The van der Waals surface area contributed by atoms with Gasteiger partial charge in [0.1, 0.15) is 0 Å². The lowest BCUT2D eigenvalue weighted by atomic mass is 10.0. The van der Waals surface area contributed by atoms with Gasteiger partial charge in [-0.2, -0.15) is 0 Å². The van der Waals surface area contributed by atoms with Gasteiger partial charge < -0.3 is 4.74 Å². The summed E-state index contributed by atoms with van der Waals surface area (Å²) in [6.45, 7) is 6.57. The molecule has 1 nitrogen and oxygen atoms in total. The zero-order valence-corrected chi connectivity index (χ0v) is 9.34. The second-order valence-corrected chi connectivity index (χ2v) is 3.81. The van der Waals surface area contributed by atoms with E-state index in [1.165, 1.54) is 18.4 Å². The Kier molecular flexibility index (Phi) is 7.47. The fourth-order valence-electron chi connectivity index (χ4n) is 1.16. The number of hydrogen-bond donors (Lipinski definition) is 0. The Morgan fingerprint density at radius 2 is 2.08 bits per heavy atom. The van der Waals surface area contributed by atoms with Gasteiger partial charge >= 0.3 is 0 Å². The average molecular weight is 182 g/mol. The van der Waals surface area contributed by atoms with E-state index in [2.05, 4.69) is 32.9 Å². The van der Waals surface area contributed by atoms with Crippen LogP contribution < -0.4 is 0 Å². The lowest BCUT2D eigenvalue weighted by Gasteiger charge is -2.05. The summed E-state index contributed by atoms with van der Waals surface area (Å²) in [5, 5.41) is 0. The Morgan fingerprint density at radius 1 is 1.38 bits per heavy atom. The third-order valence-corrected chi connectivity index (χ3v) is 1.98. The summed E-state index contributed by atoms with van der Waals surface area (Å²) < 4.78 is 4.84. The lowest BCUT2D eigenvalue weighted by molar-refractivity contribution is 0.335. The van der Waals surface area contributed by atoms with Crippen molar-refractivity contribution in [2.75, 3.05) is 7.11 Å². The fourth-order valence-corrected chi connectivity index (χ4v) is 1.16. The minimum atomic E-state index is 0.752. The minimum absolute atomic E-state index is 0.752. The van der Waals surface area contributed by atoms with Gasteiger partial charge in [0.15, 0.2) is 0 Å².